The third-order valence-electron chi connectivity index (χ3n) is 3.29. The Labute approximate surface area is 102 Å². The molecule has 1 fully saturated rings. The van der Waals surface area contributed by atoms with E-state index < -0.39 is 15.1 Å². The SMILES string of the molecule is COc1ccc(S(=O)(=O)C2CCCC2N)cc1. The van der Waals surface area contributed by atoms with Gasteiger partial charge in [0.15, 0.2) is 9.84 Å². The van der Waals surface area contributed by atoms with Gasteiger partial charge in [0.1, 0.15) is 5.75 Å². The summed E-state index contributed by atoms with van der Waals surface area (Å²) >= 11 is 0. The fourth-order valence-electron chi connectivity index (χ4n) is 2.28. The quantitative estimate of drug-likeness (QED) is 0.885. The molecule has 94 valence electrons. The Hall–Kier alpha value is -1.07. The van der Waals surface area contributed by atoms with Crippen LogP contribution in [0.25, 0.3) is 0 Å². The molecule has 17 heavy (non-hydrogen) atoms. The van der Waals surface area contributed by atoms with Gasteiger partial charge in [-0.1, -0.05) is 6.42 Å². The summed E-state index contributed by atoms with van der Waals surface area (Å²) in [4.78, 5) is 0.334. The smallest absolute Gasteiger partial charge is 0.182 e. The molecular formula is C12H17NO3S. The minimum atomic E-state index is -3.29. The van der Waals surface area contributed by atoms with Gasteiger partial charge in [0.25, 0.3) is 0 Å². The van der Waals surface area contributed by atoms with Gasteiger partial charge in [0.05, 0.1) is 17.3 Å². The van der Waals surface area contributed by atoms with Gasteiger partial charge in [-0.3, -0.25) is 0 Å². The van der Waals surface area contributed by atoms with Crippen molar-refractivity contribution >= 4 is 9.84 Å². The van der Waals surface area contributed by atoms with Gasteiger partial charge in [-0.15, -0.1) is 0 Å². The Morgan fingerprint density at radius 3 is 2.35 bits per heavy atom. The number of ether oxygens (including phenoxy) is 1. The highest BCUT2D eigenvalue weighted by Crippen LogP contribution is 2.29. The fraction of sp³-hybridized carbons (Fsp3) is 0.500. The van der Waals surface area contributed by atoms with Crippen LogP contribution in [0.2, 0.25) is 0 Å². The number of benzene rings is 1. The van der Waals surface area contributed by atoms with E-state index in [1.54, 1.807) is 31.4 Å². The molecule has 1 aliphatic carbocycles. The van der Waals surface area contributed by atoms with Gasteiger partial charge in [-0.25, -0.2) is 8.42 Å². The van der Waals surface area contributed by atoms with Crippen molar-refractivity contribution in [2.75, 3.05) is 7.11 Å². The summed E-state index contributed by atoms with van der Waals surface area (Å²) in [6, 6.07) is 6.25. The molecule has 0 amide bonds. The summed E-state index contributed by atoms with van der Waals surface area (Å²) in [7, 11) is -1.74. The van der Waals surface area contributed by atoms with Gasteiger partial charge in [0.2, 0.25) is 0 Å². The van der Waals surface area contributed by atoms with E-state index in [1.807, 2.05) is 0 Å². The zero-order valence-corrected chi connectivity index (χ0v) is 10.6. The molecule has 0 bridgehead atoms. The molecule has 2 N–H and O–H groups in total. The second-order valence-corrected chi connectivity index (χ2v) is 6.52. The summed E-state index contributed by atoms with van der Waals surface area (Å²) in [6.45, 7) is 0. The Morgan fingerprint density at radius 2 is 1.88 bits per heavy atom. The molecule has 2 unspecified atom stereocenters. The van der Waals surface area contributed by atoms with Gasteiger partial charge in [-0.05, 0) is 37.1 Å². The molecule has 4 nitrogen and oxygen atoms in total. The van der Waals surface area contributed by atoms with Crippen LogP contribution in [0.4, 0.5) is 0 Å². The number of hydrogen-bond acceptors (Lipinski definition) is 4. The van der Waals surface area contributed by atoms with E-state index in [2.05, 4.69) is 0 Å². The normalized spacial score (nSPS) is 24.8. The van der Waals surface area contributed by atoms with Crippen LogP contribution < -0.4 is 10.5 Å². The van der Waals surface area contributed by atoms with E-state index in [1.165, 1.54) is 0 Å². The first-order chi connectivity index (χ1) is 8.05. The Balaban J connectivity index is 2.31. The summed E-state index contributed by atoms with van der Waals surface area (Å²) in [5, 5.41) is -0.434. The molecule has 5 heteroatoms. The second-order valence-electron chi connectivity index (χ2n) is 4.35. The van der Waals surface area contributed by atoms with E-state index in [0.29, 0.717) is 17.1 Å². The molecule has 0 aromatic heterocycles. The topological polar surface area (TPSA) is 69.4 Å². The Kier molecular flexibility index (Phi) is 3.40. The van der Waals surface area contributed by atoms with Gasteiger partial charge < -0.3 is 10.5 Å². The molecule has 0 radical (unpaired) electrons. The third-order valence-corrected chi connectivity index (χ3v) is 5.60. The zero-order valence-electron chi connectivity index (χ0n) is 9.80. The molecule has 0 aliphatic heterocycles. The number of rotatable bonds is 3. The number of methoxy groups -OCH3 is 1. The van der Waals surface area contributed by atoms with Crippen molar-refractivity contribution in [3.05, 3.63) is 24.3 Å². The molecule has 1 saturated carbocycles. The van der Waals surface area contributed by atoms with Crippen LogP contribution in [0.3, 0.4) is 0 Å². The van der Waals surface area contributed by atoms with Crippen molar-refractivity contribution < 1.29 is 13.2 Å². The van der Waals surface area contributed by atoms with Crippen LogP contribution >= 0.6 is 0 Å². The van der Waals surface area contributed by atoms with Gasteiger partial charge >= 0.3 is 0 Å². The lowest BCUT2D eigenvalue weighted by molar-refractivity contribution is 0.414. The zero-order chi connectivity index (χ0) is 12.5. The van der Waals surface area contributed by atoms with Gasteiger partial charge in [0, 0.05) is 6.04 Å². The van der Waals surface area contributed by atoms with Crippen LogP contribution in [0, 0.1) is 0 Å². The second kappa shape index (κ2) is 4.66. The highest BCUT2D eigenvalue weighted by atomic mass is 32.2. The maximum absolute atomic E-state index is 12.3. The maximum Gasteiger partial charge on any atom is 0.182 e. The van der Waals surface area contributed by atoms with Crippen LogP contribution in [0.15, 0.2) is 29.2 Å². The summed E-state index contributed by atoms with van der Waals surface area (Å²) in [5.41, 5.74) is 5.85. The van der Waals surface area contributed by atoms with Crippen LogP contribution in [-0.2, 0) is 9.84 Å². The lowest BCUT2D eigenvalue weighted by Gasteiger charge is -2.16. The molecule has 0 heterocycles. The molecule has 1 aromatic rings. The highest BCUT2D eigenvalue weighted by molar-refractivity contribution is 7.92. The lowest BCUT2D eigenvalue weighted by atomic mass is 10.3. The minimum absolute atomic E-state index is 0.234. The largest absolute Gasteiger partial charge is 0.497 e. The first kappa shape index (κ1) is 12.4. The molecule has 0 spiro atoms. The predicted octanol–water partition coefficient (Wildman–Crippen LogP) is 1.35. The van der Waals surface area contributed by atoms with E-state index in [4.69, 9.17) is 10.5 Å². The van der Waals surface area contributed by atoms with E-state index >= 15 is 0 Å². The third kappa shape index (κ3) is 2.30. The Morgan fingerprint density at radius 1 is 1.24 bits per heavy atom. The van der Waals surface area contributed by atoms with Crippen molar-refractivity contribution in [3.63, 3.8) is 0 Å². The van der Waals surface area contributed by atoms with E-state index in [-0.39, 0.29) is 6.04 Å². The average molecular weight is 255 g/mol. The monoisotopic (exact) mass is 255 g/mol. The number of hydrogen-bond donors (Lipinski definition) is 1. The van der Waals surface area contributed by atoms with Crippen molar-refractivity contribution in [1.82, 2.24) is 0 Å². The average Bonchev–Trinajstić information content (AvgIpc) is 2.76. The lowest BCUT2D eigenvalue weighted by Crippen LogP contribution is -2.35. The molecular weight excluding hydrogens is 238 g/mol. The van der Waals surface area contributed by atoms with Crippen LogP contribution in [0.1, 0.15) is 19.3 Å². The first-order valence-corrected chi connectivity index (χ1v) is 7.24. The van der Waals surface area contributed by atoms with Crippen molar-refractivity contribution in [1.29, 1.82) is 0 Å². The molecule has 2 rings (SSSR count). The van der Waals surface area contributed by atoms with E-state index in [0.717, 1.165) is 12.8 Å². The molecule has 1 aromatic carbocycles. The first-order valence-electron chi connectivity index (χ1n) is 5.69. The number of nitrogens with two attached hydrogens (primary N) is 1. The van der Waals surface area contributed by atoms with E-state index in [9.17, 15) is 8.42 Å². The minimum Gasteiger partial charge on any atom is -0.497 e. The van der Waals surface area contributed by atoms with Crippen molar-refractivity contribution in [2.45, 2.75) is 35.4 Å². The Bertz CT molecular complexity index is 481. The van der Waals surface area contributed by atoms with Crippen LogP contribution in [-0.4, -0.2) is 26.8 Å². The molecule has 2 atom stereocenters. The summed E-state index contributed by atoms with van der Waals surface area (Å²) in [6.07, 6.45) is 2.34. The van der Waals surface area contributed by atoms with Crippen molar-refractivity contribution in [3.8, 4) is 5.75 Å². The fourth-order valence-corrected chi connectivity index (χ4v) is 4.22. The molecule has 0 saturated heterocycles. The van der Waals surface area contributed by atoms with Crippen molar-refractivity contribution in [2.24, 2.45) is 5.73 Å². The summed E-state index contributed by atoms with van der Waals surface area (Å²) in [5.74, 6) is 0.652. The predicted molar refractivity (Wildman–Crippen MR) is 65.8 cm³/mol. The molecule has 1 aliphatic rings. The van der Waals surface area contributed by atoms with Crippen LogP contribution in [0.5, 0.6) is 5.75 Å². The number of sulfone groups is 1. The maximum atomic E-state index is 12.3. The standard InChI is InChI=1S/C12H17NO3S/c1-16-9-5-7-10(8-6-9)17(14,15)12-4-2-3-11(12)13/h5-8,11-12H,2-4,13H2,1H3. The summed E-state index contributed by atoms with van der Waals surface area (Å²) < 4.78 is 29.7. The van der Waals surface area contributed by atoms with Gasteiger partial charge in [-0.2, -0.15) is 0 Å². The highest BCUT2D eigenvalue weighted by Gasteiger charge is 2.36.